The molecule has 1 aromatic heterocycles. The van der Waals surface area contributed by atoms with Crippen molar-refractivity contribution in [2.75, 3.05) is 5.75 Å². The van der Waals surface area contributed by atoms with Crippen LogP contribution in [0.15, 0.2) is 47.6 Å². The molecule has 1 heterocycles. The van der Waals surface area contributed by atoms with E-state index >= 15 is 0 Å². The van der Waals surface area contributed by atoms with Crippen molar-refractivity contribution in [1.82, 2.24) is 9.55 Å². The molecule has 2 rings (SSSR count). The van der Waals surface area contributed by atoms with Gasteiger partial charge in [0.1, 0.15) is 5.82 Å². The van der Waals surface area contributed by atoms with Crippen LogP contribution in [0, 0.1) is 0 Å². The highest BCUT2D eigenvalue weighted by atomic mass is 32.2. The Kier molecular flexibility index (Phi) is 3.98. The molecule has 0 saturated heterocycles. The molecule has 0 fully saturated rings. The number of Topliss-reactive ketones (excluding diaryl/α,β-unsaturated/α-hetero) is 1. The maximum absolute atomic E-state index is 11.8. The van der Waals surface area contributed by atoms with Gasteiger partial charge in [0.2, 0.25) is 0 Å². The summed E-state index contributed by atoms with van der Waals surface area (Å²) < 4.78 is 1.88. The van der Waals surface area contributed by atoms with Gasteiger partial charge >= 0.3 is 0 Å². The van der Waals surface area contributed by atoms with Crippen molar-refractivity contribution in [2.24, 2.45) is 7.05 Å². The summed E-state index contributed by atoms with van der Waals surface area (Å²) >= 11 is 1.57. The minimum atomic E-state index is 0.202. The standard InChI is InChI=1S/C13H14N2OS/c1-15-8-7-14-13(15)9-11(16)10-17-12-5-3-2-4-6-12/h2-8H,9-10H2,1H3. The highest BCUT2D eigenvalue weighted by Gasteiger charge is 2.07. The van der Waals surface area contributed by atoms with E-state index in [2.05, 4.69) is 4.98 Å². The van der Waals surface area contributed by atoms with E-state index in [0.717, 1.165) is 10.7 Å². The third kappa shape index (κ3) is 3.46. The molecule has 0 radical (unpaired) electrons. The average molecular weight is 246 g/mol. The molecule has 0 aliphatic rings. The van der Waals surface area contributed by atoms with Gasteiger partial charge in [-0.1, -0.05) is 18.2 Å². The first-order valence-corrected chi connectivity index (χ1v) is 6.40. The molecule has 4 heteroatoms. The lowest BCUT2D eigenvalue weighted by molar-refractivity contribution is -0.116. The molecule has 0 atom stereocenters. The number of rotatable bonds is 5. The van der Waals surface area contributed by atoms with Crippen molar-refractivity contribution in [2.45, 2.75) is 11.3 Å². The van der Waals surface area contributed by atoms with Gasteiger partial charge in [-0.15, -0.1) is 11.8 Å². The van der Waals surface area contributed by atoms with E-state index in [-0.39, 0.29) is 5.78 Å². The average Bonchev–Trinajstić information content (AvgIpc) is 2.74. The first-order chi connectivity index (χ1) is 8.25. The van der Waals surface area contributed by atoms with E-state index in [9.17, 15) is 4.79 Å². The zero-order valence-electron chi connectivity index (χ0n) is 9.67. The fourth-order valence-corrected chi connectivity index (χ4v) is 2.25. The summed E-state index contributed by atoms with van der Waals surface area (Å²) in [6.07, 6.45) is 3.98. The first kappa shape index (κ1) is 11.9. The molecule has 17 heavy (non-hydrogen) atoms. The number of ketones is 1. The number of hydrogen-bond acceptors (Lipinski definition) is 3. The third-order valence-corrected chi connectivity index (χ3v) is 3.49. The predicted molar refractivity (Wildman–Crippen MR) is 69.1 cm³/mol. The van der Waals surface area contributed by atoms with Crippen LogP contribution in [-0.2, 0) is 18.3 Å². The van der Waals surface area contributed by atoms with Gasteiger partial charge < -0.3 is 4.57 Å². The first-order valence-electron chi connectivity index (χ1n) is 5.41. The Bertz CT molecular complexity index is 493. The van der Waals surface area contributed by atoms with Crippen LogP contribution in [0.3, 0.4) is 0 Å². The highest BCUT2D eigenvalue weighted by Crippen LogP contribution is 2.17. The number of aryl methyl sites for hydroxylation is 1. The van der Waals surface area contributed by atoms with E-state index in [1.54, 1.807) is 18.0 Å². The zero-order chi connectivity index (χ0) is 12.1. The minimum Gasteiger partial charge on any atom is -0.338 e. The fraction of sp³-hybridized carbons (Fsp3) is 0.231. The number of thioether (sulfide) groups is 1. The molecule has 0 amide bonds. The van der Waals surface area contributed by atoms with Gasteiger partial charge in [0, 0.05) is 24.3 Å². The maximum atomic E-state index is 11.8. The van der Waals surface area contributed by atoms with Crippen LogP contribution >= 0.6 is 11.8 Å². The molecule has 0 aliphatic heterocycles. The van der Waals surface area contributed by atoms with Crippen LogP contribution in [0.4, 0.5) is 0 Å². The lowest BCUT2D eigenvalue weighted by Gasteiger charge is -2.02. The Balaban J connectivity index is 1.85. The van der Waals surface area contributed by atoms with Crippen molar-refractivity contribution < 1.29 is 4.79 Å². The van der Waals surface area contributed by atoms with Crippen LogP contribution in [0.25, 0.3) is 0 Å². The van der Waals surface area contributed by atoms with E-state index in [4.69, 9.17) is 0 Å². The van der Waals surface area contributed by atoms with Gasteiger partial charge in [0.25, 0.3) is 0 Å². The molecule has 3 nitrogen and oxygen atoms in total. The second kappa shape index (κ2) is 5.68. The van der Waals surface area contributed by atoms with Gasteiger partial charge in [-0.3, -0.25) is 4.79 Å². The molecule has 0 N–H and O–H groups in total. The summed E-state index contributed by atoms with van der Waals surface area (Å²) in [6, 6.07) is 9.95. The Morgan fingerprint density at radius 1 is 1.35 bits per heavy atom. The normalized spacial score (nSPS) is 10.4. The summed E-state index contributed by atoms with van der Waals surface area (Å²) in [5.41, 5.74) is 0. The monoisotopic (exact) mass is 246 g/mol. The van der Waals surface area contributed by atoms with Gasteiger partial charge in [-0.25, -0.2) is 4.98 Å². The van der Waals surface area contributed by atoms with Gasteiger partial charge in [-0.05, 0) is 12.1 Å². The molecule has 0 saturated carbocycles. The summed E-state index contributed by atoms with van der Waals surface area (Å²) in [4.78, 5) is 17.0. The Labute approximate surface area is 105 Å². The van der Waals surface area contributed by atoms with E-state index in [1.807, 2.05) is 48.1 Å². The third-order valence-electron chi connectivity index (χ3n) is 2.42. The van der Waals surface area contributed by atoms with Crippen molar-refractivity contribution in [3.8, 4) is 0 Å². The molecule has 0 bridgehead atoms. The van der Waals surface area contributed by atoms with Crippen molar-refractivity contribution >= 4 is 17.5 Å². The smallest absolute Gasteiger partial charge is 0.150 e. The van der Waals surface area contributed by atoms with Crippen molar-refractivity contribution in [1.29, 1.82) is 0 Å². The number of aromatic nitrogens is 2. The molecular formula is C13H14N2OS. The Hall–Kier alpha value is -1.55. The molecule has 0 unspecified atom stereocenters. The SMILES string of the molecule is Cn1ccnc1CC(=O)CSc1ccccc1. The van der Waals surface area contributed by atoms with E-state index in [0.29, 0.717) is 12.2 Å². The van der Waals surface area contributed by atoms with Crippen molar-refractivity contribution in [3.05, 3.63) is 48.5 Å². The summed E-state index contributed by atoms with van der Waals surface area (Å²) in [7, 11) is 1.90. The van der Waals surface area contributed by atoms with Crippen LogP contribution in [-0.4, -0.2) is 21.1 Å². The Morgan fingerprint density at radius 3 is 2.76 bits per heavy atom. The molecule has 0 spiro atoms. The second-order valence-corrected chi connectivity index (χ2v) is 4.82. The number of carbonyl (C=O) groups excluding carboxylic acids is 1. The molecule has 2 aromatic rings. The number of nitrogens with zero attached hydrogens (tertiary/aromatic N) is 2. The van der Waals surface area contributed by atoms with Gasteiger partial charge in [0.15, 0.2) is 5.78 Å². The summed E-state index contributed by atoms with van der Waals surface area (Å²) in [6.45, 7) is 0. The van der Waals surface area contributed by atoms with Gasteiger partial charge in [-0.2, -0.15) is 0 Å². The number of imidazole rings is 1. The zero-order valence-corrected chi connectivity index (χ0v) is 10.5. The summed E-state index contributed by atoms with van der Waals surface area (Å²) in [5, 5.41) is 0. The van der Waals surface area contributed by atoms with E-state index < -0.39 is 0 Å². The lowest BCUT2D eigenvalue weighted by atomic mass is 10.3. The Morgan fingerprint density at radius 2 is 2.12 bits per heavy atom. The lowest BCUT2D eigenvalue weighted by Crippen LogP contribution is -2.09. The van der Waals surface area contributed by atoms with Gasteiger partial charge in [0.05, 0.1) is 12.2 Å². The van der Waals surface area contributed by atoms with Crippen LogP contribution in [0.1, 0.15) is 5.82 Å². The molecule has 88 valence electrons. The minimum absolute atomic E-state index is 0.202. The quantitative estimate of drug-likeness (QED) is 0.759. The van der Waals surface area contributed by atoms with E-state index in [1.165, 1.54) is 0 Å². The van der Waals surface area contributed by atoms with Crippen LogP contribution in [0.2, 0.25) is 0 Å². The van der Waals surface area contributed by atoms with Crippen molar-refractivity contribution in [3.63, 3.8) is 0 Å². The molecular weight excluding hydrogens is 232 g/mol. The topological polar surface area (TPSA) is 34.9 Å². The fourth-order valence-electron chi connectivity index (χ4n) is 1.47. The number of carbonyl (C=O) groups is 1. The molecule has 1 aromatic carbocycles. The molecule has 0 aliphatic carbocycles. The number of hydrogen-bond donors (Lipinski definition) is 0. The maximum Gasteiger partial charge on any atom is 0.150 e. The van der Waals surface area contributed by atoms with Crippen LogP contribution < -0.4 is 0 Å². The largest absolute Gasteiger partial charge is 0.338 e. The number of benzene rings is 1. The van der Waals surface area contributed by atoms with Crippen LogP contribution in [0.5, 0.6) is 0 Å². The summed E-state index contributed by atoms with van der Waals surface area (Å²) in [5.74, 6) is 1.52. The highest BCUT2D eigenvalue weighted by molar-refractivity contribution is 8.00. The second-order valence-electron chi connectivity index (χ2n) is 3.77. The predicted octanol–water partition coefficient (Wildman–Crippen LogP) is 2.32.